The molecule has 0 radical (unpaired) electrons. The van der Waals surface area contributed by atoms with Crippen LogP contribution < -0.4 is 9.47 Å². The van der Waals surface area contributed by atoms with Gasteiger partial charge in [-0.3, -0.25) is 0 Å². The van der Waals surface area contributed by atoms with E-state index >= 15 is 0 Å². The second kappa shape index (κ2) is 10.2. The van der Waals surface area contributed by atoms with Crippen molar-refractivity contribution in [3.05, 3.63) is 83.9 Å². The summed E-state index contributed by atoms with van der Waals surface area (Å²) in [6.45, 7) is 1.30. The molecule has 0 bridgehead atoms. The van der Waals surface area contributed by atoms with Gasteiger partial charge in [-0.25, -0.2) is 0 Å². The third-order valence-corrected chi connectivity index (χ3v) is 5.10. The van der Waals surface area contributed by atoms with E-state index in [9.17, 15) is 0 Å². The average Bonchev–Trinajstić information content (AvgIpc) is 3.27. The molecule has 0 N–H and O–H groups in total. The lowest BCUT2D eigenvalue weighted by molar-refractivity contribution is 0.279. The Hall–Kier alpha value is -4.22. The van der Waals surface area contributed by atoms with Crippen LogP contribution in [0.1, 0.15) is 30.4 Å². The van der Waals surface area contributed by atoms with Gasteiger partial charge in [0.05, 0.1) is 36.5 Å². The number of ether oxygens (including phenoxy) is 2. The van der Waals surface area contributed by atoms with E-state index in [2.05, 4.69) is 12.1 Å². The maximum atomic E-state index is 9.03. The van der Waals surface area contributed by atoms with E-state index in [4.69, 9.17) is 24.4 Å². The molecule has 0 spiro atoms. The van der Waals surface area contributed by atoms with Crippen molar-refractivity contribution in [1.29, 1.82) is 10.5 Å². The zero-order valence-electron chi connectivity index (χ0n) is 17.6. The zero-order valence-corrected chi connectivity index (χ0v) is 17.6. The van der Waals surface area contributed by atoms with Crippen LogP contribution in [0.3, 0.4) is 0 Å². The number of fused-ring (bicyclic) bond motifs is 1. The summed E-state index contributed by atoms with van der Waals surface area (Å²) in [5, 5.41) is 18.8. The van der Waals surface area contributed by atoms with Crippen LogP contribution in [-0.4, -0.2) is 13.2 Å². The molecule has 4 rings (SSSR count). The van der Waals surface area contributed by atoms with Crippen molar-refractivity contribution in [3.63, 3.8) is 0 Å². The molecular formula is C27H22N2O3. The number of hydrogen-bond acceptors (Lipinski definition) is 5. The van der Waals surface area contributed by atoms with Crippen molar-refractivity contribution in [3.8, 4) is 35.0 Å². The van der Waals surface area contributed by atoms with Gasteiger partial charge in [0.1, 0.15) is 22.8 Å². The molecule has 0 atom stereocenters. The summed E-state index contributed by atoms with van der Waals surface area (Å²) >= 11 is 0. The molecule has 1 heterocycles. The van der Waals surface area contributed by atoms with Gasteiger partial charge in [-0.15, -0.1) is 0 Å². The van der Waals surface area contributed by atoms with Gasteiger partial charge in [-0.2, -0.15) is 10.5 Å². The van der Waals surface area contributed by atoms with Crippen LogP contribution >= 0.6 is 0 Å². The predicted octanol–water partition coefficient (Wildman–Crippen LogP) is 6.47. The van der Waals surface area contributed by atoms with Crippen molar-refractivity contribution in [2.45, 2.75) is 19.3 Å². The molecule has 0 amide bonds. The molecule has 1 aromatic heterocycles. The second-order valence-corrected chi connectivity index (χ2v) is 7.39. The average molecular weight is 422 g/mol. The van der Waals surface area contributed by atoms with Gasteiger partial charge < -0.3 is 13.9 Å². The Morgan fingerprint density at radius 2 is 1.25 bits per heavy atom. The summed E-state index contributed by atoms with van der Waals surface area (Å²) in [4.78, 5) is 0. The monoisotopic (exact) mass is 422 g/mol. The highest BCUT2D eigenvalue weighted by molar-refractivity contribution is 5.83. The van der Waals surface area contributed by atoms with E-state index < -0.39 is 0 Å². The van der Waals surface area contributed by atoms with E-state index in [1.54, 1.807) is 24.3 Å². The van der Waals surface area contributed by atoms with Gasteiger partial charge in [0.15, 0.2) is 0 Å². The fraction of sp³-hybridized carbons (Fsp3) is 0.185. The highest BCUT2D eigenvalue weighted by Crippen LogP contribution is 2.29. The highest BCUT2D eigenvalue weighted by atomic mass is 16.5. The Bertz CT molecular complexity index is 1260. The summed E-state index contributed by atoms with van der Waals surface area (Å²) in [6, 6.07) is 26.6. The topological polar surface area (TPSA) is 79.2 Å². The second-order valence-electron chi connectivity index (χ2n) is 7.39. The molecule has 4 aromatic rings. The van der Waals surface area contributed by atoms with Crippen molar-refractivity contribution in [2.24, 2.45) is 0 Å². The molecule has 3 aromatic carbocycles. The van der Waals surface area contributed by atoms with Gasteiger partial charge in [0.2, 0.25) is 0 Å². The Balaban J connectivity index is 1.19. The third-order valence-electron chi connectivity index (χ3n) is 5.10. The first-order valence-electron chi connectivity index (χ1n) is 10.5. The number of nitriles is 2. The first-order valence-corrected chi connectivity index (χ1v) is 10.5. The Morgan fingerprint density at radius 1 is 0.656 bits per heavy atom. The van der Waals surface area contributed by atoms with Crippen LogP contribution in [-0.2, 0) is 0 Å². The smallest absolute Gasteiger partial charge is 0.136 e. The molecule has 0 fully saturated rings. The maximum absolute atomic E-state index is 9.03. The fourth-order valence-electron chi connectivity index (χ4n) is 3.35. The predicted molar refractivity (Wildman–Crippen MR) is 122 cm³/mol. The van der Waals surface area contributed by atoms with Crippen molar-refractivity contribution >= 4 is 11.0 Å². The molecule has 0 aliphatic carbocycles. The molecule has 158 valence electrons. The van der Waals surface area contributed by atoms with Crippen LogP contribution in [0.4, 0.5) is 0 Å². The van der Waals surface area contributed by atoms with Crippen LogP contribution in [0.15, 0.2) is 77.2 Å². The molecule has 0 aliphatic heterocycles. The minimum absolute atomic E-state index is 0.586. The van der Waals surface area contributed by atoms with Gasteiger partial charge in [0.25, 0.3) is 0 Å². The largest absolute Gasteiger partial charge is 0.494 e. The zero-order chi connectivity index (χ0) is 22.2. The Morgan fingerprint density at radius 3 is 1.88 bits per heavy atom. The van der Waals surface area contributed by atoms with E-state index in [-0.39, 0.29) is 0 Å². The molecule has 0 unspecified atom stereocenters. The summed E-state index contributed by atoms with van der Waals surface area (Å²) < 4.78 is 17.4. The molecule has 5 heteroatoms. The SMILES string of the molecule is N#Cc1ccc(OCCCCCOc2ccc(-c3cc4ccc(C#N)cc4o3)cc2)cc1. The number of nitrogens with zero attached hydrogens (tertiary/aromatic N) is 2. The Labute approximate surface area is 187 Å². The van der Waals surface area contributed by atoms with Gasteiger partial charge in [-0.05, 0) is 92.1 Å². The normalized spacial score (nSPS) is 10.4. The molecule has 5 nitrogen and oxygen atoms in total. The number of furan rings is 1. The van der Waals surface area contributed by atoms with Gasteiger partial charge in [-0.1, -0.05) is 0 Å². The first-order chi connectivity index (χ1) is 15.7. The lowest BCUT2D eigenvalue weighted by atomic mass is 10.1. The Kier molecular flexibility index (Phi) is 6.70. The number of hydrogen-bond donors (Lipinski definition) is 0. The van der Waals surface area contributed by atoms with Crippen molar-refractivity contribution in [1.82, 2.24) is 0 Å². The van der Waals surface area contributed by atoms with Crippen molar-refractivity contribution in [2.75, 3.05) is 13.2 Å². The summed E-state index contributed by atoms with van der Waals surface area (Å²) in [5.74, 6) is 2.38. The van der Waals surface area contributed by atoms with Gasteiger partial charge >= 0.3 is 0 Å². The van der Waals surface area contributed by atoms with E-state index in [1.165, 1.54) is 0 Å². The van der Waals surface area contributed by atoms with Crippen LogP contribution in [0.25, 0.3) is 22.3 Å². The quantitative estimate of drug-likeness (QED) is 0.289. The van der Waals surface area contributed by atoms with E-state index in [0.29, 0.717) is 29.9 Å². The molecule has 0 saturated carbocycles. The lowest BCUT2D eigenvalue weighted by Gasteiger charge is -2.08. The maximum Gasteiger partial charge on any atom is 0.136 e. The molecular weight excluding hydrogens is 400 g/mol. The molecule has 0 saturated heterocycles. The van der Waals surface area contributed by atoms with Crippen LogP contribution in [0.2, 0.25) is 0 Å². The molecule has 0 aliphatic rings. The molecule has 32 heavy (non-hydrogen) atoms. The summed E-state index contributed by atoms with van der Waals surface area (Å²) in [7, 11) is 0. The van der Waals surface area contributed by atoms with Gasteiger partial charge in [0, 0.05) is 10.9 Å². The number of rotatable bonds is 9. The van der Waals surface area contributed by atoms with Crippen molar-refractivity contribution < 1.29 is 13.9 Å². The lowest BCUT2D eigenvalue weighted by Crippen LogP contribution is -2.01. The van der Waals surface area contributed by atoms with Crippen LogP contribution in [0.5, 0.6) is 11.5 Å². The minimum atomic E-state index is 0.586. The first kappa shape index (κ1) is 21.0. The highest BCUT2D eigenvalue weighted by Gasteiger charge is 2.07. The summed E-state index contributed by atoms with van der Waals surface area (Å²) in [5.41, 5.74) is 2.90. The number of benzene rings is 3. The van der Waals surface area contributed by atoms with E-state index in [1.807, 2.05) is 48.5 Å². The number of unbranched alkanes of at least 4 members (excludes halogenated alkanes) is 2. The standard InChI is InChI=1S/C27H22N2O3/c28-18-20-5-10-24(11-6-20)30-14-2-1-3-15-31-25-12-8-22(9-13-25)27-17-23-7-4-21(19-29)16-26(23)32-27/h4-13,16-17H,1-3,14-15H2. The third kappa shape index (κ3) is 5.28. The van der Waals surface area contributed by atoms with Crippen LogP contribution in [0, 0.1) is 22.7 Å². The minimum Gasteiger partial charge on any atom is -0.494 e. The van der Waals surface area contributed by atoms with E-state index in [0.717, 1.165) is 47.5 Å². The summed E-state index contributed by atoms with van der Waals surface area (Å²) in [6.07, 6.45) is 2.91. The fourth-order valence-corrected chi connectivity index (χ4v) is 3.35.